The zero-order valence-corrected chi connectivity index (χ0v) is 15.9. The van der Waals surface area contributed by atoms with Crippen LogP contribution in [0.4, 0.5) is 0 Å². The van der Waals surface area contributed by atoms with E-state index < -0.39 is 0 Å². The summed E-state index contributed by atoms with van der Waals surface area (Å²) in [6.07, 6.45) is 2.93. The Balaban J connectivity index is 1.67. The van der Waals surface area contributed by atoms with E-state index in [1.165, 1.54) is 0 Å². The number of fused-ring (bicyclic) bond motifs is 1. The molecule has 2 aromatic rings. The number of nitrogens with zero attached hydrogens (tertiary/aromatic N) is 3. The number of morpholine rings is 1. The van der Waals surface area contributed by atoms with Gasteiger partial charge in [0.2, 0.25) is 11.8 Å². The molecule has 1 fully saturated rings. The summed E-state index contributed by atoms with van der Waals surface area (Å²) in [6, 6.07) is 7.89. The monoisotopic (exact) mass is 372 g/mol. The number of nitrogens with one attached hydrogen (secondary N) is 1. The highest BCUT2D eigenvalue weighted by molar-refractivity contribution is 5.81. The van der Waals surface area contributed by atoms with Crippen molar-refractivity contribution < 1.29 is 14.3 Å². The molecule has 0 atom stereocenters. The van der Waals surface area contributed by atoms with Crippen molar-refractivity contribution in [1.29, 1.82) is 0 Å². The fourth-order valence-electron chi connectivity index (χ4n) is 3.33. The minimum Gasteiger partial charge on any atom is -0.378 e. The molecule has 0 spiro atoms. The SMILES string of the molecule is CCCC(=O)NCCCc1nc2ccccc2n1CC(=O)N1CCOCC1. The van der Waals surface area contributed by atoms with Crippen LogP contribution in [0.1, 0.15) is 32.0 Å². The number of ether oxygens (including phenoxy) is 1. The Morgan fingerprint density at radius 2 is 2.00 bits per heavy atom. The molecule has 1 N–H and O–H groups in total. The Morgan fingerprint density at radius 1 is 1.22 bits per heavy atom. The normalized spacial score (nSPS) is 14.5. The Kier molecular flexibility index (Phi) is 6.81. The van der Waals surface area contributed by atoms with Crippen molar-refractivity contribution in [3.63, 3.8) is 0 Å². The van der Waals surface area contributed by atoms with Crippen LogP contribution in [0.3, 0.4) is 0 Å². The zero-order valence-electron chi connectivity index (χ0n) is 15.9. The summed E-state index contributed by atoms with van der Waals surface area (Å²) < 4.78 is 7.35. The van der Waals surface area contributed by atoms with E-state index in [1.54, 1.807) is 0 Å². The molecule has 0 bridgehead atoms. The van der Waals surface area contributed by atoms with Gasteiger partial charge in [0.15, 0.2) is 0 Å². The number of rotatable bonds is 8. The van der Waals surface area contributed by atoms with Gasteiger partial charge in [0.1, 0.15) is 12.4 Å². The third-order valence-corrected chi connectivity index (χ3v) is 4.77. The number of hydrogen-bond donors (Lipinski definition) is 1. The molecule has 1 aliphatic rings. The molecule has 0 aliphatic carbocycles. The number of hydrogen-bond acceptors (Lipinski definition) is 4. The quantitative estimate of drug-likeness (QED) is 0.716. The van der Waals surface area contributed by atoms with Crippen molar-refractivity contribution in [2.24, 2.45) is 0 Å². The first kappa shape index (κ1) is 19.4. The second-order valence-corrected chi connectivity index (χ2v) is 6.80. The first-order valence-corrected chi connectivity index (χ1v) is 9.75. The van der Waals surface area contributed by atoms with E-state index in [4.69, 9.17) is 9.72 Å². The number of benzene rings is 1. The van der Waals surface area contributed by atoms with Gasteiger partial charge in [-0.15, -0.1) is 0 Å². The summed E-state index contributed by atoms with van der Waals surface area (Å²) in [5, 5.41) is 2.93. The van der Waals surface area contributed by atoms with Gasteiger partial charge in [0, 0.05) is 32.5 Å². The van der Waals surface area contributed by atoms with E-state index in [0.717, 1.165) is 36.1 Å². The number of amides is 2. The van der Waals surface area contributed by atoms with Crippen molar-refractivity contribution >= 4 is 22.8 Å². The zero-order chi connectivity index (χ0) is 19.1. The van der Waals surface area contributed by atoms with E-state index in [2.05, 4.69) is 5.32 Å². The van der Waals surface area contributed by atoms with Crippen LogP contribution in [-0.4, -0.2) is 59.1 Å². The molecule has 1 aromatic carbocycles. The van der Waals surface area contributed by atoms with Gasteiger partial charge in [0.25, 0.3) is 0 Å². The molecule has 1 aromatic heterocycles. The summed E-state index contributed by atoms with van der Waals surface area (Å²) in [4.78, 5) is 30.9. The van der Waals surface area contributed by atoms with E-state index in [-0.39, 0.29) is 18.4 Å². The molecular formula is C20H28N4O3. The van der Waals surface area contributed by atoms with Crippen molar-refractivity contribution in [2.75, 3.05) is 32.8 Å². The van der Waals surface area contributed by atoms with Crippen LogP contribution in [0.25, 0.3) is 11.0 Å². The fourth-order valence-corrected chi connectivity index (χ4v) is 3.33. The summed E-state index contributed by atoms with van der Waals surface area (Å²) in [6.45, 7) is 5.39. The smallest absolute Gasteiger partial charge is 0.242 e. The number of aryl methyl sites for hydroxylation is 1. The van der Waals surface area contributed by atoms with Crippen LogP contribution in [0.2, 0.25) is 0 Å². The minimum absolute atomic E-state index is 0.0912. The van der Waals surface area contributed by atoms with Crippen LogP contribution < -0.4 is 5.32 Å². The van der Waals surface area contributed by atoms with E-state index >= 15 is 0 Å². The van der Waals surface area contributed by atoms with Crippen molar-refractivity contribution in [2.45, 2.75) is 39.2 Å². The predicted octanol–water partition coefficient (Wildman–Crippen LogP) is 1.74. The summed E-state index contributed by atoms with van der Waals surface area (Å²) in [5.41, 5.74) is 1.88. The maximum atomic E-state index is 12.7. The molecular weight excluding hydrogens is 344 g/mol. The number of imidazole rings is 1. The highest BCUT2D eigenvalue weighted by atomic mass is 16.5. The number of carbonyl (C=O) groups is 2. The molecule has 0 saturated carbocycles. The van der Waals surface area contributed by atoms with Crippen molar-refractivity contribution in [1.82, 2.24) is 19.8 Å². The van der Waals surface area contributed by atoms with Crippen molar-refractivity contribution in [3.05, 3.63) is 30.1 Å². The van der Waals surface area contributed by atoms with Gasteiger partial charge < -0.3 is 19.5 Å². The minimum atomic E-state index is 0.0912. The first-order valence-electron chi connectivity index (χ1n) is 9.75. The van der Waals surface area contributed by atoms with Gasteiger partial charge in [-0.1, -0.05) is 19.1 Å². The second-order valence-electron chi connectivity index (χ2n) is 6.80. The highest BCUT2D eigenvalue weighted by Crippen LogP contribution is 2.17. The van der Waals surface area contributed by atoms with Gasteiger partial charge >= 0.3 is 0 Å². The van der Waals surface area contributed by atoms with Crippen LogP contribution in [0.15, 0.2) is 24.3 Å². The number of carbonyl (C=O) groups excluding carboxylic acids is 2. The highest BCUT2D eigenvalue weighted by Gasteiger charge is 2.20. The summed E-state index contributed by atoms with van der Waals surface area (Å²) in [7, 11) is 0. The van der Waals surface area contributed by atoms with Crippen LogP contribution in [-0.2, 0) is 27.3 Å². The third-order valence-electron chi connectivity index (χ3n) is 4.77. The van der Waals surface area contributed by atoms with Crippen LogP contribution in [0.5, 0.6) is 0 Å². The Labute approximate surface area is 159 Å². The molecule has 1 aliphatic heterocycles. The van der Waals surface area contributed by atoms with Crippen LogP contribution in [0, 0.1) is 0 Å². The molecule has 27 heavy (non-hydrogen) atoms. The maximum Gasteiger partial charge on any atom is 0.242 e. The molecule has 7 heteroatoms. The molecule has 1 saturated heterocycles. The molecule has 7 nitrogen and oxygen atoms in total. The molecule has 0 unspecified atom stereocenters. The van der Waals surface area contributed by atoms with Crippen LogP contribution >= 0.6 is 0 Å². The molecule has 2 heterocycles. The van der Waals surface area contributed by atoms with Gasteiger partial charge in [-0.2, -0.15) is 0 Å². The van der Waals surface area contributed by atoms with Gasteiger partial charge in [-0.3, -0.25) is 9.59 Å². The van der Waals surface area contributed by atoms with E-state index in [0.29, 0.717) is 39.3 Å². The lowest BCUT2D eigenvalue weighted by Gasteiger charge is -2.27. The molecule has 2 amide bonds. The van der Waals surface area contributed by atoms with Gasteiger partial charge in [-0.25, -0.2) is 4.98 Å². The average Bonchev–Trinajstić information content (AvgIpc) is 3.03. The lowest BCUT2D eigenvalue weighted by molar-refractivity contribution is -0.135. The van der Waals surface area contributed by atoms with Crippen molar-refractivity contribution in [3.8, 4) is 0 Å². The number of aromatic nitrogens is 2. The van der Waals surface area contributed by atoms with E-state index in [1.807, 2.05) is 40.7 Å². The maximum absolute atomic E-state index is 12.7. The lowest BCUT2D eigenvalue weighted by atomic mass is 10.2. The Bertz CT molecular complexity index is 781. The molecule has 3 rings (SSSR count). The summed E-state index contributed by atoms with van der Waals surface area (Å²) >= 11 is 0. The Hall–Kier alpha value is -2.41. The summed E-state index contributed by atoms with van der Waals surface area (Å²) in [5.74, 6) is 1.08. The van der Waals surface area contributed by atoms with E-state index in [9.17, 15) is 9.59 Å². The Morgan fingerprint density at radius 3 is 2.78 bits per heavy atom. The topological polar surface area (TPSA) is 76.5 Å². The van der Waals surface area contributed by atoms with Gasteiger partial charge in [0.05, 0.1) is 24.2 Å². The third kappa shape index (κ3) is 5.07. The average molecular weight is 372 g/mol. The number of para-hydroxylation sites is 2. The molecule has 146 valence electrons. The lowest BCUT2D eigenvalue weighted by Crippen LogP contribution is -2.42. The molecule has 0 radical (unpaired) electrons. The standard InChI is InChI=1S/C20H28N4O3/c1-2-6-19(25)21-10-5-9-18-22-16-7-3-4-8-17(16)24(18)15-20(26)23-11-13-27-14-12-23/h3-4,7-8H,2,5-6,9-15H2,1H3,(H,21,25). The predicted molar refractivity (Wildman–Crippen MR) is 103 cm³/mol. The van der Waals surface area contributed by atoms with Gasteiger partial charge in [-0.05, 0) is 25.0 Å². The first-order chi connectivity index (χ1) is 13.2. The second kappa shape index (κ2) is 9.50. The largest absolute Gasteiger partial charge is 0.378 e. The fraction of sp³-hybridized carbons (Fsp3) is 0.550.